The zero-order chi connectivity index (χ0) is 30.3. The molecule has 10 heteroatoms. The monoisotopic (exact) mass is 597 g/mol. The van der Waals surface area contributed by atoms with Gasteiger partial charge in [-0.1, -0.05) is 78.8 Å². The zero-order valence-electron chi connectivity index (χ0n) is 24.5. The molecular formula is C33H35N5O4S. The molecule has 2 aliphatic rings. The third kappa shape index (κ3) is 6.97. The van der Waals surface area contributed by atoms with Gasteiger partial charge in [0, 0.05) is 30.6 Å². The van der Waals surface area contributed by atoms with Crippen molar-refractivity contribution in [2.24, 2.45) is 9.98 Å². The molecule has 222 valence electrons. The molecule has 2 atom stereocenters. The summed E-state index contributed by atoms with van der Waals surface area (Å²) in [4.78, 5) is 50.6. The number of fused-ring (bicyclic) bond motifs is 3. The fourth-order valence-corrected chi connectivity index (χ4v) is 5.97. The van der Waals surface area contributed by atoms with Gasteiger partial charge in [-0.05, 0) is 43.5 Å². The van der Waals surface area contributed by atoms with Crippen LogP contribution in [0.1, 0.15) is 48.4 Å². The summed E-state index contributed by atoms with van der Waals surface area (Å²) in [7, 11) is 1.59. The first kappa shape index (κ1) is 30.0. The average Bonchev–Trinajstić information content (AvgIpc) is 3.37. The fourth-order valence-electron chi connectivity index (χ4n) is 4.93. The second-order valence-electron chi connectivity index (χ2n) is 10.4. The second-order valence-corrected chi connectivity index (χ2v) is 11.6. The van der Waals surface area contributed by atoms with E-state index in [0.29, 0.717) is 42.0 Å². The van der Waals surface area contributed by atoms with Gasteiger partial charge in [-0.25, -0.2) is 9.89 Å². The molecule has 3 aromatic rings. The summed E-state index contributed by atoms with van der Waals surface area (Å²) < 4.78 is 5.36. The molecule has 0 unspecified atom stereocenters. The first-order valence-electron chi connectivity index (χ1n) is 14.4. The summed E-state index contributed by atoms with van der Waals surface area (Å²) >= 11 is 1.26. The topological polar surface area (TPSA) is 112 Å². The van der Waals surface area contributed by atoms with Crippen molar-refractivity contribution in [1.29, 1.82) is 0 Å². The number of ether oxygens (including phenoxy) is 1. The van der Waals surface area contributed by atoms with Crippen molar-refractivity contribution in [2.45, 2.75) is 57.5 Å². The highest BCUT2D eigenvalue weighted by atomic mass is 32.2. The number of thioether (sulfide) groups is 1. The first-order valence-corrected chi connectivity index (χ1v) is 15.2. The lowest BCUT2D eigenvalue weighted by Gasteiger charge is -2.27. The van der Waals surface area contributed by atoms with Gasteiger partial charge in [-0.2, -0.15) is 0 Å². The van der Waals surface area contributed by atoms with Crippen LogP contribution in [-0.2, 0) is 27.5 Å². The summed E-state index contributed by atoms with van der Waals surface area (Å²) in [5.74, 6) is 0.664. The van der Waals surface area contributed by atoms with E-state index in [-0.39, 0.29) is 30.6 Å². The molecule has 2 aliphatic heterocycles. The second kappa shape index (κ2) is 13.7. The molecule has 3 aromatic carbocycles. The summed E-state index contributed by atoms with van der Waals surface area (Å²) in [6.07, 6.45) is 0.941. The fraction of sp³-hybridized carbons (Fsp3) is 0.303. The van der Waals surface area contributed by atoms with Gasteiger partial charge >= 0.3 is 0 Å². The molecule has 0 saturated heterocycles. The maximum atomic E-state index is 13.7. The van der Waals surface area contributed by atoms with Crippen molar-refractivity contribution >= 4 is 46.2 Å². The first-order chi connectivity index (χ1) is 20.9. The lowest BCUT2D eigenvalue weighted by molar-refractivity contribution is -0.125. The number of carbonyl (C=O) groups excluding carboxylic acids is 3. The van der Waals surface area contributed by atoms with Crippen molar-refractivity contribution in [2.75, 3.05) is 7.11 Å². The minimum atomic E-state index is -0.723. The van der Waals surface area contributed by atoms with Crippen molar-refractivity contribution in [3.8, 4) is 5.75 Å². The van der Waals surface area contributed by atoms with Gasteiger partial charge < -0.3 is 15.4 Å². The molecule has 2 heterocycles. The maximum Gasteiger partial charge on any atom is 0.259 e. The molecule has 2 N–H and O–H groups in total. The quantitative estimate of drug-likeness (QED) is 0.327. The number of amidine groups is 2. The maximum absolute atomic E-state index is 13.7. The summed E-state index contributed by atoms with van der Waals surface area (Å²) in [6.45, 7) is 4.71. The normalized spacial score (nSPS) is 16.0. The third-order valence-electron chi connectivity index (χ3n) is 7.36. The number of methoxy groups -OCH3 is 1. The molecule has 9 nitrogen and oxygen atoms in total. The number of benzene rings is 3. The Hall–Kier alpha value is -4.44. The van der Waals surface area contributed by atoms with E-state index in [1.54, 1.807) is 7.11 Å². The van der Waals surface area contributed by atoms with Crippen molar-refractivity contribution in [3.63, 3.8) is 0 Å². The van der Waals surface area contributed by atoms with Gasteiger partial charge in [0.1, 0.15) is 17.6 Å². The van der Waals surface area contributed by atoms with Gasteiger partial charge in [0.15, 0.2) is 5.17 Å². The summed E-state index contributed by atoms with van der Waals surface area (Å²) in [5, 5.41) is 5.89. The Bertz CT molecular complexity index is 1570. The zero-order valence-corrected chi connectivity index (χ0v) is 25.3. The van der Waals surface area contributed by atoms with Crippen LogP contribution in [0.2, 0.25) is 0 Å². The minimum Gasteiger partial charge on any atom is -0.496 e. The van der Waals surface area contributed by atoms with Crippen molar-refractivity contribution in [3.05, 3.63) is 95.1 Å². The molecule has 3 amide bonds. The molecule has 0 aromatic heterocycles. The lowest BCUT2D eigenvalue weighted by atomic mass is 10.1. The van der Waals surface area contributed by atoms with Gasteiger partial charge in [0.25, 0.3) is 5.91 Å². The van der Waals surface area contributed by atoms with Crippen LogP contribution in [0.25, 0.3) is 0 Å². The van der Waals surface area contributed by atoms with E-state index in [2.05, 4.69) is 10.6 Å². The molecule has 0 radical (unpaired) electrons. The highest BCUT2D eigenvalue weighted by Crippen LogP contribution is 2.36. The molecule has 0 fully saturated rings. The van der Waals surface area contributed by atoms with Crippen LogP contribution < -0.4 is 15.4 Å². The van der Waals surface area contributed by atoms with Crippen LogP contribution >= 0.6 is 11.8 Å². The number of hydrogen-bond acceptors (Lipinski definition) is 7. The largest absolute Gasteiger partial charge is 0.496 e. The molecule has 0 bridgehead atoms. The smallest absolute Gasteiger partial charge is 0.259 e. The lowest BCUT2D eigenvalue weighted by Crippen LogP contribution is -2.43. The molecule has 43 heavy (non-hydrogen) atoms. The van der Waals surface area contributed by atoms with Crippen LogP contribution in [0.3, 0.4) is 0 Å². The van der Waals surface area contributed by atoms with E-state index in [1.807, 2.05) is 86.6 Å². The predicted molar refractivity (Wildman–Crippen MR) is 169 cm³/mol. The van der Waals surface area contributed by atoms with Crippen molar-refractivity contribution < 1.29 is 19.1 Å². The van der Waals surface area contributed by atoms with Crippen LogP contribution in [0.4, 0.5) is 5.69 Å². The third-order valence-corrected chi connectivity index (χ3v) is 8.68. The Balaban J connectivity index is 1.25. The Morgan fingerprint density at radius 3 is 2.51 bits per heavy atom. The number of amides is 3. The van der Waals surface area contributed by atoms with Crippen LogP contribution in [0.15, 0.2) is 82.8 Å². The average molecular weight is 598 g/mol. The van der Waals surface area contributed by atoms with E-state index in [9.17, 15) is 14.4 Å². The number of hydrogen-bond donors (Lipinski definition) is 2. The number of aliphatic imine (C=N–C) groups is 2. The summed E-state index contributed by atoms with van der Waals surface area (Å²) in [5.41, 5.74) is 4.49. The molecular weight excluding hydrogens is 562 g/mol. The van der Waals surface area contributed by atoms with Gasteiger partial charge in [0.2, 0.25) is 11.8 Å². The van der Waals surface area contributed by atoms with Gasteiger partial charge in [-0.15, -0.1) is 0 Å². The SMILES string of the molecule is CC[C@H](SC1=Nc2ccccc2C2=N[C@@H](CCC(=O)NCc3ccccc3OC)C(=O)N12)C(=O)NCc1ccc(C)cc1. The van der Waals surface area contributed by atoms with E-state index < -0.39 is 11.3 Å². The van der Waals surface area contributed by atoms with Crippen LogP contribution in [-0.4, -0.2) is 52.0 Å². The van der Waals surface area contributed by atoms with Crippen LogP contribution in [0.5, 0.6) is 5.75 Å². The number of rotatable bonds is 11. The number of para-hydroxylation sites is 2. The minimum absolute atomic E-state index is 0.122. The molecule has 5 rings (SSSR count). The van der Waals surface area contributed by atoms with E-state index in [1.165, 1.54) is 16.7 Å². The number of aryl methyl sites for hydroxylation is 1. The highest BCUT2D eigenvalue weighted by molar-refractivity contribution is 8.15. The predicted octanol–water partition coefficient (Wildman–Crippen LogP) is 4.89. The molecule has 0 spiro atoms. The Morgan fingerprint density at radius 2 is 1.74 bits per heavy atom. The van der Waals surface area contributed by atoms with Crippen LogP contribution in [0, 0.1) is 6.92 Å². The number of nitrogens with zero attached hydrogens (tertiary/aromatic N) is 3. The van der Waals surface area contributed by atoms with E-state index >= 15 is 0 Å². The number of carbonyl (C=O) groups is 3. The van der Waals surface area contributed by atoms with Crippen molar-refractivity contribution in [1.82, 2.24) is 15.5 Å². The molecule has 0 saturated carbocycles. The number of nitrogens with one attached hydrogen (secondary N) is 2. The van der Waals surface area contributed by atoms with E-state index in [0.717, 1.165) is 22.3 Å². The van der Waals surface area contributed by atoms with E-state index in [4.69, 9.17) is 14.7 Å². The standard InChI is InChI=1S/C33H35N5O4S/c1-4-28(31(40)35-19-22-15-13-21(2)14-16-22)43-33-37-25-11-7-6-10-24(25)30-36-26(32(41)38(30)33)17-18-29(39)34-20-23-9-5-8-12-27(23)42-3/h5-16,26,28H,4,17-20H2,1-3H3,(H,34,39)(H,35,40)/t26-,28-/m0/s1. The Labute approximate surface area is 255 Å². The molecule has 0 aliphatic carbocycles. The van der Waals surface area contributed by atoms with Gasteiger partial charge in [-0.3, -0.25) is 19.4 Å². The summed E-state index contributed by atoms with van der Waals surface area (Å²) in [6, 6.07) is 22.3. The highest BCUT2D eigenvalue weighted by Gasteiger charge is 2.42. The van der Waals surface area contributed by atoms with Gasteiger partial charge in [0.05, 0.1) is 18.0 Å². The Kier molecular flexibility index (Phi) is 9.56. The Morgan fingerprint density at radius 1 is 1.00 bits per heavy atom.